The number of carbonyl (C=O) groups is 2. The van der Waals surface area contributed by atoms with Gasteiger partial charge < -0.3 is 20.5 Å². The number of carbonyl (C=O) groups excluding carboxylic acids is 2. The monoisotopic (exact) mass is 380 g/mol. The third-order valence-corrected chi connectivity index (χ3v) is 4.91. The van der Waals surface area contributed by atoms with Gasteiger partial charge in [-0.15, -0.1) is 0 Å². The number of nitrogens with two attached hydrogens (primary N) is 1. The van der Waals surface area contributed by atoms with Crippen molar-refractivity contribution in [3.63, 3.8) is 0 Å². The Labute approximate surface area is 156 Å². The average Bonchev–Trinajstić information content (AvgIpc) is 2.93. The lowest BCUT2D eigenvalue weighted by atomic mass is 10.0. The summed E-state index contributed by atoms with van der Waals surface area (Å²) < 4.78 is 5.75. The molecule has 2 aliphatic rings. The molecule has 2 amide bonds. The third kappa shape index (κ3) is 3.22. The summed E-state index contributed by atoms with van der Waals surface area (Å²) in [6, 6.07) is 2.02. The summed E-state index contributed by atoms with van der Waals surface area (Å²) in [6.45, 7) is 2.48. The topological polar surface area (TPSA) is 117 Å². The predicted molar refractivity (Wildman–Crippen MR) is 96.4 cm³/mol. The Morgan fingerprint density at radius 3 is 2.88 bits per heavy atom. The maximum Gasteiger partial charge on any atom is 0.259 e. The summed E-state index contributed by atoms with van der Waals surface area (Å²) in [4.78, 5) is 29.7. The maximum absolute atomic E-state index is 12.0. The van der Waals surface area contributed by atoms with Gasteiger partial charge in [-0.05, 0) is 38.3 Å². The summed E-state index contributed by atoms with van der Waals surface area (Å²) in [5.74, 6) is -0.413. The fraction of sp³-hybridized carbons (Fsp3) is 0.471. The second-order valence-corrected chi connectivity index (χ2v) is 6.63. The molecule has 0 aliphatic carbocycles. The number of aliphatic hydroxyl groups excluding tert-OH is 1. The van der Waals surface area contributed by atoms with Gasteiger partial charge in [0.25, 0.3) is 5.91 Å². The Morgan fingerprint density at radius 1 is 1.42 bits per heavy atom. The van der Waals surface area contributed by atoms with Gasteiger partial charge in [-0.25, -0.2) is 4.99 Å². The fourth-order valence-electron chi connectivity index (χ4n) is 3.25. The molecule has 2 heterocycles. The lowest BCUT2D eigenvalue weighted by Crippen LogP contribution is -2.47. The van der Waals surface area contributed by atoms with Crippen molar-refractivity contribution >= 4 is 35.1 Å². The van der Waals surface area contributed by atoms with Crippen molar-refractivity contribution in [3.8, 4) is 5.75 Å². The molecule has 2 unspecified atom stereocenters. The number of fused-ring (bicyclic) bond motifs is 2. The van der Waals surface area contributed by atoms with Gasteiger partial charge in [0.15, 0.2) is 6.04 Å². The Hall–Kier alpha value is -2.32. The fourth-order valence-corrected chi connectivity index (χ4v) is 3.62. The third-order valence-electron chi connectivity index (χ3n) is 4.52. The number of unbranched alkanes of at least 4 members (excludes halogenated alkanes) is 2. The summed E-state index contributed by atoms with van der Waals surface area (Å²) in [6.07, 6.45) is 2.41. The highest BCUT2D eigenvalue weighted by atomic mass is 35.5. The van der Waals surface area contributed by atoms with Gasteiger partial charge in [-0.1, -0.05) is 11.6 Å². The first kappa shape index (κ1) is 18.5. The van der Waals surface area contributed by atoms with E-state index >= 15 is 0 Å². The summed E-state index contributed by atoms with van der Waals surface area (Å²) >= 11 is 6.53. The molecule has 8 nitrogen and oxygen atoms in total. The molecule has 26 heavy (non-hydrogen) atoms. The number of halogens is 1. The van der Waals surface area contributed by atoms with Gasteiger partial charge in [0, 0.05) is 12.2 Å². The molecule has 1 fully saturated rings. The highest BCUT2D eigenvalue weighted by Gasteiger charge is 2.46. The van der Waals surface area contributed by atoms with Crippen LogP contribution in [0.2, 0.25) is 5.02 Å². The van der Waals surface area contributed by atoms with Gasteiger partial charge >= 0.3 is 0 Å². The van der Waals surface area contributed by atoms with Crippen LogP contribution in [0.15, 0.2) is 17.1 Å². The number of hydrogen-bond donors (Lipinski definition) is 3. The zero-order valence-corrected chi connectivity index (χ0v) is 15.1. The molecular weight excluding hydrogens is 360 g/mol. The molecule has 0 spiro atoms. The van der Waals surface area contributed by atoms with Crippen LogP contribution in [0.25, 0.3) is 0 Å². The highest BCUT2D eigenvalue weighted by molar-refractivity contribution is 6.33. The Morgan fingerprint density at radius 2 is 2.19 bits per heavy atom. The SMILES string of the molecule is CC1c2c(ccc(OCCCCCO)c2Cl)N=C2NC(=O)C(C(N)=O)N21. The Balaban J connectivity index is 1.85. The number of primary amides is 1. The van der Waals surface area contributed by atoms with E-state index in [1.807, 2.05) is 6.92 Å². The van der Waals surface area contributed by atoms with Gasteiger partial charge in [-0.2, -0.15) is 0 Å². The van der Waals surface area contributed by atoms with Crippen LogP contribution in [0, 0.1) is 0 Å². The van der Waals surface area contributed by atoms with E-state index in [2.05, 4.69) is 10.3 Å². The Kier molecular flexibility index (Phi) is 5.33. The van der Waals surface area contributed by atoms with Crippen molar-refractivity contribution in [2.75, 3.05) is 13.2 Å². The van der Waals surface area contributed by atoms with Gasteiger partial charge in [0.1, 0.15) is 5.75 Å². The van der Waals surface area contributed by atoms with E-state index in [4.69, 9.17) is 27.2 Å². The molecule has 2 atom stereocenters. The predicted octanol–water partition coefficient (Wildman–Crippen LogP) is 1.23. The van der Waals surface area contributed by atoms with Gasteiger partial charge in [0.05, 0.1) is 23.4 Å². The van der Waals surface area contributed by atoms with E-state index in [0.717, 1.165) is 19.3 Å². The second-order valence-electron chi connectivity index (χ2n) is 6.26. The van der Waals surface area contributed by atoms with E-state index in [0.29, 0.717) is 34.6 Å². The lowest BCUT2D eigenvalue weighted by Gasteiger charge is -2.33. The zero-order valence-electron chi connectivity index (χ0n) is 14.4. The van der Waals surface area contributed by atoms with Crippen molar-refractivity contribution in [1.82, 2.24) is 10.2 Å². The molecule has 0 aromatic heterocycles. The van der Waals surface area contributed by atoms with Crippen LogP contribution in [0.3, 0.4) is 0 Å². The molecule has 1 aromatic carbocycles. The van der Waals surface area contributed by atoms with Crippen molar-refractivity contribution < 1.29 is 19.4 Å². The maximum atomic E-state index is 12.0. The zero-order chi connectivity index (χ0) is 18.8. The number of rotatable bonds is 7. The number of ether oxygens (including phenoxy) is 1. The molecule has 9 heteroatoms. The molecule has 3 rings (SSSR count). The van der Waals surface area contributed by atoms with Crippen LogP contribution in [-0.2, 0) is 9.59 Å². The van der Waals surface area contributed by atoms with Crippen LogP contribution in [0.5, 0.6) is 5.75 Å². The van der Waals surface area contributed by atoms with Gasteiger partial charge in [-0.3, -0.25) is 14.9 Å². The van der Waals surface area contributed by atoms with Gasteiger partial charge in [0.2, 0.25) is 11.9 Å². The largest absolute Gasteiger partial charge is 0.492 e. The summed E-state index contributed by atoms with van der Waals surface area (Å²) in [5.41, 5.74) is 6.68. The van der Waals surface area contributed by atoms with E-state index in [9.17, 15) is 9.59 Å². The number of hydrogen-bond acceptors (Lipinski definition) is 6. The minimum atomic E-state index is -1.11. The number of nitrogens with zero attached hydrogens (tertiary/aromatic N) is 2. The molecule has 1 saturated heterocycles. The van der Waals surface area contributed by atoms with E-state index in [1.54, 1.807) is 17.0 Å². The van der Waals surface area contributed by atoms with Crippen LogP contribution in [0.4, 0.5) is 5.69 Å². The number of nitrogens with one attached hydrogen (secondary N) is 1. The van der Waals surface area contributed by atoms with Crippen molar-refractivity contribution in [2.45, 2.75) is 38.3 Å². The van der Waals surface area contributed by atoms with Crippen LogP contribution in [-0.4, -0.2) is 47.0 Å². The summed E-state index contributed by atoms with van der Waals surface area (Å²) in [7, 11) is 0. The van der Waals surface area contributed by atoms with Crippen molar-refractivity contribution in [3.05, 3.63) is 22.7 Å². The van der Waals surface area contributed by atoms with Crippen LogP contribution < -0.4 is 15.8 Å². The second kappa shape index (κ2) is 7.51. The van der Waals surface area contributed by atoms with E-state index < -0.39 is 17.9 Å². The quantitative estimate of drug-likeness (QED) is 0.485. The molecule has 0 saturated carbocycles. The molecule has 0 radical (unpaired) electrons. The van der Waals surface area contributed by atoms with Crippen molar-refractivity contribution in [1.29, 1.82) is 0 Å². The van der Waals surface area contributed by atoms with Crippen molar-refractivity contribution in [2.24, 2.45) is 10.7 Å². The first-order valence-corrected chi connectivity index (χ1v) is 8.86. The van der Waals surface area contributed by atoms with Crippen LogP contribution >= 0.6 is 11.6 Å². The first-order chi connectivity index (χ1) is 12.5. The minimum Gasteiger partial charge on any atom is -0.492 e. The average molecular weight is 381 g/mol. The molecule has 0 bridgehead atoms. The van der Waals surface area contributed by atoms with E-state index in [-0.39, 0.29) is 12.6 Å². The lowest BCUT2D eigenvalue weighted by molar-refractivity contribution is -0.131. The van der Waals surface area contributed by atoms with Crippen LogP contribution in [0.1, 0.15) is 37.8 Å². The summed E-state index contributed by atoms with van der Waals surface area (Å²) in [5, 5.41) is 11.8. The smallest absolute Gasteiger partial charge is 0.259 e. The molecule has 2 aliphatic heterocycles. The number of aliphatic imine (C=N–C) groups is 1. The Bertz CT molecular complexity index is 767. The number of aliphatic hydroxyl groups is 1. The molecule has 4 N–H and O–H groups in total. The molecule has 1 aromatic rings. The normalized spacial score (nSPS) is 21.0. The minimum absolute atomic E-state index is 0.168. The molecular formula is C17H21ClN4O4. The number of amides is 2. The first-order valence-electron chi connectivity index (χ1n) is 8.49. The molecule has 140 valence electrons. The number of guanidine groups is 1. The standard InChI is InChI=1S/C17H21ClN4O4/c1-9-12-10(20-17-21-16(25)14(15(19)24)22(9)17)5-6-11(13(12)18)26-8-4-2-3-7-23/h5-6,9,14,23H,2-4,7-8H2,1H3,(H2,19,24)(H,20,21,25). The number of benzene rings is 1. The highest BCUT2D eigenvalue weighted by Crippen LogP contribution is 2.44. The van der Waals surface area contributed by atoms with E-state index in [1.165, 1.54) is 0 Å².